The van der Waals surface area contributed by atoms with E-state index in [9.17, 15) is 9.59 Å². The highest BCUT2D eigenvalue weighted by Gasteiger charge is 2.12. The fraction of sp³-hybridized carbons (Fsp3) is 0.833. The average molecular weight is 244 g/mol. The Kier molecular flexibility index (Phi) is 7.34. The zero-order chi connectivity index (χ0) is 13.4. The Labute approximate surface area is 103 Å². The number of hydrogen-bond donors (Lipinski definition) is 2. The molecule has 0 rings (SSSR count). The molecule has 0 heterocycles. The molecule has 0 bridgehead atoms. The highest BCUT2D eigenvalue weighted by atomic mass is 16.4. The van der Waals surface area contributed by atoms with E-state index in [1.807, 2.05) is 0 Å². The summed E-state index contributed by atoms with van der Waals surface area (Å²) >= 11 is 0. The van der Waals surface area contributed by atoms with Crippen LogP contribution < -0.4 is 5.32 Å². The van der Waals surface area contributed by atoms with Gasteiger partial charge in [-0.3, -0.25) is 4.79 Å². The van der Waals surface area contributed by atoms with E-state index in [1.165, 1.54) is 0 Å². The van der Waals surface area contributed by atoms with Crippen LogP contribution in [0.4, 0.5) is 4.79 Å². The average Bonchev–Trinajstić information content (AvgIpc) is 2.25. The van der Waals surface area contributed by atoms with Crippen LogP contribution in [0.15, 0.2) is 0 Å². The van der Waals surface area contributed by atoms with Crippen LogP contribution >= 0.6 is 0 Å². The number of urea groups is 1. The van der Waals surface area contributed by atoms with E-state index in [1.54, 1.807) is 18.9 Å². The smallest absolute Gasteiger partial charge is 0.317 e. The Hall–Kier alpha value is -1.26. The second-order valence-electron chi connectivity index (χ2n) is 4.86. The molecule has 1 unspecified atom stereocenters. The number of carboxylic acid groups (broad SMARTS) is 1. The van der Waals surface area contributed by atoms with E-state index in [0.717, 1.165) is 13.0 Å². The third-order valence-electron chi connectivity index (χ3n) is 2.66. The molecule has 5 nitrogen and oxygen atoms in total. The Morgan fingerprint density at radius 1 is 1.24 bits per heavy atom. The Morgan fingerprint density at radius 2 is 1.82 bits per heavy atom. The second-order valence-corrected chi connectivity index (χ2v) is 4.86. The van der Waals surface area contributed by atoms with Crippen LogP contribution in [-0.2, 0) is 4.79 Å². The predicted molar refractivity (Wildman–Crippen MR) is 66.9 cm³/mol. The quantitative estimate of drug-likeness (QED) is 0.717. The molecular formula is C12H24N2O3. The van der Waals surface area contributed by atoms with Crippen LogP contribution in [0, 0.1) is 11.8 Å². The molecule has 0 aromatic rings. The molecule has 0 aliphatic heterocycles. The van der Waals surface area contributed by atoms with Crippen molar-refractivity contribution >= 4 is 12.0 Å². The van der Waals surface area contributed by atoms with Crippen molar-refractivity contribution in [1.82, 2.24) is 10.2 Å². The van der Waals surface area contributed by atoms with Gasteiger partial charge in [0.15, 0.2) is 0 Å². The lowest BCUT2D eigenvalue weighted by atomic mass is 10.1. The molecule has 2 N–H and O–H groups in total. The van der Waals surface area contributed by atoms with Crippen LogP contribution in [-0.4, -0.2) is 42.1 Å². The Morgan fingerprint density at radius 3 is 2.29 bits per heavy atom. The standard InChI is InChI=1S/C12H24N2O3/c1-9(2)6-8-14(4)12(17)13-7-5-10(3)11(15)16/h9-10H,5-8H2,1-4H3,(H,13,17)(H,15,16). The molecule has 0 aromatic carbocycles. The number of carboxylic acids is 1. The maximum atomic E-state index is 11.6. The first-order valence-electron chi connectivity index (χ1n) is 6.06. The van der Waals surface area contributed by atoms with Gasteiger partial charge in [0, 0.05) is 20.1 Å². The number of aliphatic carboxylic acids is 1. The van der Waals surface area contributed by atoms with Gasteiger partial charge in [0.25, 0.3) is 0 Å². The van der Waals surface area contributed by atoms with E-state index in [4.69, 9.17) is 5.11 Å². The molecule has 0 saturated heterocycles. The molecule has 0 saturated carbocycles. The van der Waals surface area contributed by atoms with E-state index in [-0.39, 0.29) is 6.03 Å². The molecule has 100 valence electrons. The second kappa shape index (κ2) is 7.92. The topological polar surface area (TPSA) is 69.6 Å². The van der Waals surface area contributed by atoms with Crippen molar-refractivity contribution < 1.29 is 14.7 Å². The summed E-state index contributed by atoms with van der Waals surface area (Å²) in [5.74, 6) is -0.680. The number of amides is 2. The van der Waals surface area contributed by atoms with Crippen molar-refractivity contribution in [3.05, 3.63) is 0 Å². The number of carbonyl (C=O) groups excluding carboxylic acids is 1. The van der Waals surface area contributed by atoms with Gasteiger partial charge in [-0.25, -0.2) is 4.79 Å². The first-order chi connectivity index (χ1) is 7.84. The largest absolute Gasteiger partial charge is 0.481 e. The van der Waals surface area contributed by atoms with Gasteiger partial charge in [0.05, 0.1) is 5.92 Å². The molecular weight excluding hydrogens is 220 g/mol. The molecule has 0 aliphatic rings. The summed E-state index contributed by atoms with van der Waals surface area (Å²) in [4.78, 5) is 23.8. The van der Waals surface area contributed by atoms with Crippen LogP contribution in [0.25, 0.3) is 0 Å². The van der Waals surface area contributed by atoms with Crippen LogP contribution in [0.5, 0.6) is 0 Å². The van der Waals surface area contributed by atoms with E-state index in [0.29, 0.717) is 18.9 Å². The Bertz CT molecular complexity index is 254. The number of nitrogens with zero attached hydrogens (tertiary/aromatic N) is 1. The molecule has 17 heavy (non-hydrogen) atoms. The minimum absolute atomic E-state index is 0.136. The van der Waals surface area contributed by atoms with Crippen molar-refractivity contribution in [2.75, 3.05) is 20.1 Å². The SMILES string of the molecule is CC(C)CCN(C)C(=O)NCCC(C)C(=O)O. The van der Waals surface area contributed by atoms with Gasteiger partial charge in [-0.15, -0.1) is 0 Å². The monoisotopic (exact) mass is 244 g/mol. The van der Waals surface area contributed by atoms with Crippen molar-refractivity contribution in [3.8, 4) is 0 Å². The summed E-state index contributed by atoms with van der Waals surface area (Å²) in [5.41, 5.74) is 0. The predicted octanol–water partition coefficient (Wildman–Crippen LogP) is 1.78. The summed E-state index contributed by atoms with van der Waals surface area (Å²) in [5, 5.41) is 11.4. The molecule has 2 amide bonds. The molecule has 0 fully saturated rings. The molecule has 0 aromatic heterocycles. The summed E-state index contributed by atoms with van der Waals surface area (Å²) < 4.78 is 0. The Balaban J connectivity index is 3.74. The van der Waals surface area contributed by atoms with Gasteiger partial charge < -0.3 is 15.3 Å². The van der Waals surface area contributed by atoms with Gasteiger partial charge in [-0.05, 0) is 18.8 Å². The van der Waals surface area contributed by atoms with Gasteiger partial charge in [0.1, 0.15) is 0 Å². The minimum Gasteiger partial charge on any atom is -0.481 e. The van der Waals surface area contributed by atoms with Crippen molar-refractivity contribution in [1.29, 1.82) is 0 Å². The van der Waals surface area contributed by atoms with Crippen LogP contribution in [0.3, 0.4) is 0 Å². The normalized spacial score (nSPS) is 12.3. The first kappa shape index (κ1) is 15.7. The van der Waals surface area contributed by atoms with Crippen molar-refractivity contribution in [2.24, 2.45) is 11.8 Å². The third-order valence-corrected chi connectivity index (χ3v) is 2.66. The number of nitrogens with one attached hydrogen (secondary N) is 1. The van der Waals surface area contributed by atoms with Gasteiger partial charge >= 0.3 is 12.0 Å². The molecule has 1 atom stereocenters. The first-order valence-corrected chi connectivity index (χ1v) is 6.06. The lowest BCUT2D eigenvalue weighted by Gasteiger charge is -2.19. The molecule has 5 heteroatoms. The maximum Gasteiger partial charge on any atom is 0.317 e. The zero-order valence-corrected chi connectivity index (χ0v) is 11.2. The third kappa shape index (κ3) is 7.60. The maximum absolute atomic E-state index is 11.6. The highest BCUT2D eigenvalue weighted by molar-refractivity contribution is 5.74. The summed E-state index contributed by atoms with van der Waals surface area (Å²) in [6.45, 7) is 6.98. The number of hydrogen-bond acceptors (Lipinski definition) is 2. The molecule has 0 radical (unpaired) electrons. The zero-order valence-electron chi connectivity index (χ0n) is 11.2. The van der Waals surface area contributed by atoms with Gasteiger partial charge in [-0.1, -0.05) is 20.8 Å². The summed E-state index contributed by atoms with van der Waals surface area (Å²) in [6, 6.07) is -0.136. The fourth-order valence-electron chi connectivity index (χ4n) is 1.21. The minimum atomic E-state index is -0.826. The van der Waals surface area contributed by atoms with E-state index >= 15 is 0 Å². The highest BCUT2D eigenvalue weighted by Crippen LogP contribution is 2.02. The molecule has 0 spiro atoms. The number of rotatable bonds is 7. The van der Waals surface area contributed by atoms with Crippen molar-refractivity contribution in [2.45, 2.75) is 33.6 Å². The van der Waals surface area contributed by atoms with Crippen molar-refractivity contribution in [3.63, 3.8) is 0 Å². The van der Waals surface area contributed by atoms with E-state index < -0.39 is 11.9 Å². The van der Waals surface area contributed by atoms with Gasteiger partial charge in [-0.2, -0.15) is 0 Å². The lowest BCUT2D eigenvalue weighted by Crippen LogP contribution is -2.39. The van der Waals surface area contributed by atoms with Crippen LogP contribution in [0.1, 0.15) is 33.6 Å². The van der Waals surface area contributed by atoms with E-state index in [2.05, 4.69) is 19.2 Å². The van der Waals surface area contributed by atoms with Crippen LogP contribution in [0.2, 0.25) is 0 Å². The van der Waals surface area contributed by atoms with Gasteiger partial charge in [0.2, 0.25) is 0 Å². The summed E-state index contributed by atoms with van der Waals surface area (Å²) in [6.07, 6.45) is 1.43. The molecule has 0 aliphatic carbocycles. The number of carbonyl (C=O) groups is 2. The summed E-state index contributed by atoms with van der Waals surface area (Å²) in [7, 11) is 1.75. The lowest BCUT2D eigenvalue weighted by molar-refractivity contribution is -0.141. The fourth-order valence-corrected chi connectivity index (χ4v) is 1.21.